The van der Waals surface area contributed by atoms with Gasteiger partial charge < -0.3 is 9.32 Å². The van der Waals surface area contributed by atoms with Gasteiger partial charge in [-0.1, -0.05) is 170 Å². The Morgan fingerprint density at radius 1 is 0.383 bits per heavy atom. The topological polar surface area (TPSA) is 42.2 Å². The molecule has 0 N–H and O–H groups in total. The Balaban J connectivity index is 1.04. The highest BCUT2D eigenvalue weighted by Gasteiger charge is 2.22. The van der Waals surface area contributed by atoms with Crippen LogP contribution >= 0.6 is 0 Å². The predicted octanol–water partition coefficient (Wildman–Crippen LogP) is 15.5. The summed E-state index contributed by atoms with van der Waals surface area (Å²) in [5, 5.41) is 9.08. The zero-order chi connectivity index (χ0) is 39.6. The van der Waals surface area contributed by atoms with Crippen molar-refractivity contribution in [3.05, 3.63) is 212 Å². The van der Waals surface area contributed by atoms with Gasteiger partial charge in [0, 0.05) is 38.4 Å². The molecule has 280 valence electrons. The van der Waals surface area contributed by atoms with Crippen molar-refractivity contribution < 1.29 is 4.42 Å². The van der Waals surface area contributed by atoms with E-state index in [4.69, 9.17) is 14.4 Å². The van der Waals surface area contributed by atoms with E-state index in [9.17, 15) is 0 Å². The van der Waals surface area contributed by atoms with Crippen LogP contribution in [-0.4, -0.2) is 9.97 Å². The molecule has 0 bridgehead atoms. The molecule has 0 unspecified atom stereocenters. The molecule has 0 atom stereocenters. The van der Waals surface area contributed by atoms with Crippen LogP contribution in [0.3, 0.4) is 0 Å². The molecule has 4 nitrogen and oxygen atoms in total. The number of nitrogens with zero attached hydrogens (tertiary/aromatic N) is 3. The second-order valence-corrected chi connectivity index (χ2v) is 15.3. The second kappa shape index (κ2) is 13.8. The van der Waals surface area contributed by atoms with E-state index in [0.29, 0.717) is 0 Å². The maximum Gasteiger partial charge on any atom is 0.159 e. The van der Waals surface area contributed by atoms with E-state index in [-0.39, 0.29) is 0 Å². The zero-order valence-electron chi connectivity index (χ0n) is 32.5. The lowest BCUT2D eigenvalue weighted by Gasteiger charge is -2.27. The summed E-state index contributed by atoms with van der Waals surface area (Å²) in [5.41, 5.74) is 12.8. The van der Waals surface area contributed by atoms with Gasteiger partial charge in [-0.15, -0.1) is 0 Å². The standard InChI is InChI=1S/C56H35N3O/c1-4-15-37(16-5-1)53-54(38-17-6-2-7-18-38)58-55-48(57-53)33-30-36-27-28-40-35-39(29-31-43(40)52(36)55)42-32-34-49(45-22-11-10-21-44(42)45)59(41-19-8-3-9-20-41)50-25-14-24-47-46-23-12-13-26-51(46)60-56(47)50/h1-35H. The van der Waals surface area contributed by atoms with E-state index in [1.807, 2.05) is 24.3 Å². The Kier molecular flexibility index (Phi) is 7.82. The lowest BCUT2D eigenvalue weighted by Crippen LogP contribution is -2.10. The second-order valence-electron chi connectivity index (χ2n) is 15.3. The van der Waals surface area contributed by atoms with Crippen LogP contribution in [0.2, 0.25) is 0 Å². The van der Waals surface area contributed by atoms with E-state index < -0.39 is 0 Å². The van der Waals surface area contributed by atoms with Gasteiger partial charge >= 0.3 is 0 Å². The van der Waals surface area contributed by atoms with Crippen LogP contribution in [0.25, 0.3) is 98.9 Å². The van der Waals surface area contributed by atoms with Gasteiger partial charge in [-0.2, -0.15) is 0 Å². The van der Waals surface area contributed by atoms with E-state index in [0.717, 1.165) is 105 Å². The third-order valence-corrected chi connectivity index (χ3v) is 11.8. The van der Waals surface area contributed by atoms with Crippen molar-refractivity contribution in [2.75, 3.05) is 4.90 Å². The minimum absolute atomic E-state index is 0.863. The average molecular weight is 766 g/mol. The van der Waals surface area contributed by atoms with E-state index in [2.05, 4.69) is 193 Å². The Morgan fingerprint density at radius 3 is 1.80 bits per heavy atom. The molecule has 0 saturated carbocycles. The van der Waals surface area contributed by atoms with E-state index in [1.165, 1.54) is 10.9 Å². The van der Waals surface area contributed by atoms with Crippen LogP contribution in [-0.2, 0) is 0 Å². The molecule has 0 amide bonds. The maximum absolute atomic E-state index is 6.62. The summed E-state index contributed by atoms with van der Waals surface area (Å²) in [6.45, 7) is 0. The maximum atomic E-state index is 6.62. The fraction of sp³-hybridized carbons (Fsp3) is 0. The van der Waals surface area contributed by atoms with Gasteiger partial charge in [0.05, 0.1) is 33.8 Å². The third-order valence-electron chi connectivity index (χ3n) is 11.8. The summed E-state index contributed by atoms with van der Waals surface area (Å²) < 4.78 is 6.62. The summed E-state index contributed by atoms with van der Waals surface area (Å²) in [7, 11) is 0. The predicted molar refractivity (Wildman–Crippen MR) is 250 cm³/mol. The van der Waals surface area contributed by atoms with Crippen LogP contribution in [0.1, 0.15) is 0 Å². The summed E-state index contributed by atoms with van der Waals surface area (Å²) in [5.74, 6) is 0. The fourth-order valence-corrected chi connectivity index (χ4v) is 9.05. The van der Waals surface area contributed by atoms with Crippen molar-refractivity contribution in [1.29, 1.82) is 0 Å². The number of benzene rings is 10. The van der Waals surface area contributed by atoms with Crippen LogP contribution in [0.4, 0.5) is 17.1 Å². The highest BCUT2D eigenvalue weighted by atomic mass is 16.3. The molecule has 60 heavy (non-hydrogen) atoms. The number of aromatic nitrogens is 2. The van der Waals surface area contributed by atoms with Gasteiger partial charge in [0.15, 0.2) is 5.58 Å². The quantitative estimate of drug-likeness (QED) is 0.158. The molecule has 0 fully saturated rings. The number of hydrogen-bond acceptors (Lipinski definition) is 4. The normalized spacial score (nSPS) is 11.7. The Morgan fingerprint density at radius 2 is 1.02 bits per heavy atom. The number of anilines is 3. The molecule has 12 rings (SSSR count). The van der Waals surface area contributed by atoms with Crippen LogP contribution < -0.4 is 4.90 Å². The number of fused-ring (bicyclic) bond motifs is 9. The molecule has 2 aromatic heterocycles. The summed E-state index contributed by atoms with van der Waals surface area (Å²) in [6.07, 6.45) is 0. The highest BCUT2D eigenvalue weighted by molar-refractivity contribution is 6.20. The van der Waals surface area contributed by atoms with Crippen molar-refractivity contribution in [1.82, 2.24) is 9.97 Å². The van der Waals surface area contributed by atoms with Gasteiger partial charge in [-0.25, -0.2) is 9.97 Å². The molecular weight excluding hydrogens is 731 g/mol. The first-order valence-corrected chi connectivity index (χ1v) is 20.3. The molecule has 0 radical (unpaired) electrons. The lowest BCUT2D eigenvalue weighted by atomic mass is 9.93. The largest absolute Gasteiger partial charge is 0.454 e. The summed E-state index contributed by atoms with van der Waals surface area (Å²) in [6, 6.07) is 74.9. The molecular formula is C56H35N3O. The first-order chi connectivity index (χ1) is 29.8. The van der Waals surface area contributed by atoms with Gasteiger partial charge in [0.1, 0.15) is 5.58 Å². The molecule has 4 heteroatoms. The zero-order valence-corrected chi connectivity index (χ0v) is 32.5. The van der Waals surface area contributed by atoms with Gasteiger partial charge in [-0.05, 0) is 75.1 Å². The number of furan rings is 1. The molecule has 0 aliphatic heterocycles. The fourth-order valence-electron chi connectivity index (χ4n) is 9.05. The van der Waals surface area contributed by atoms with Crippen molar-refractivity contribution in [2.45, 2.75) is 0 Å². The highest BCUT2D eigenvalue weighted by Crippen LogP contribution is 2.46. The Labute approximate surface area is 346 Å². The SMILES string of the molecule is c1ccc(-c2nc3ccc4ccc5cc(-c6ccc(N(c7ccccc7)c7cccc8c7oc7ccccc78)c7ccccc67)ccc5c4c3nc2-c2ccccc2)cc1. The molecule has 0 saturated heterocycles. The first-order valence-electron chi connectivity index (χ1n) is 20.3. The van der Waals surface area contributed by atoms with Gasteiger partial charge in [-0.3, -0.25) is 0 Å². The lowest BCUT2D eigenvalue weighted by molar-refractivity contribution is 0.669. The third kappa shape index (κ3) is 5.46. The minimum atomic E-state index is 0.863. The van der Waals surface area contributed by atoms with Crippen molar-refractivity contribution in [2.24, 2.45) is 0 Å². The van der Waals surface area contributed by atoms with Crippen LogP contribution in [0, 0.1) is 0 Å². The van der Waals surface area contributed by atoms with Crippen LogP contribution in [0.15, 0.2) is 217 Å². The molecule has 0 aliphatic carbocycles. The number of para-hydroxylation sites is 3. The van der Waals surface area contributed by atoms with E-state index in [1.54, 1.807) is 0 Å². The number of rotatable bonds is 6. The van der Waals surface area contributed by atoms with Crippen LogP contribution in [0.5, 0.6) is 0 Å². The van der Waals surface area contributed by atoms with Gasteiger partial charge in [0.25, 0.3) is 0 Å². The summed E-state index contributed by atoms with van der Waals surface area (Å²) in [4.78, 5) is 13.1. The molecule has 0 spiro atoms. The number of hydrogen-bond donors (Lipinski definition) is 0. The summed E-state index contributed by atoms with van der Waals surface area (Å²) >= 11 is 0. The van der Waals surface area contributed by atoms with Crippen molar-refractivity contribution in [3.63, 3.8) is 0 Å². The first kappa shape index (κ1) is 34.0. The minimum Gasteiger partial charge on any atom is -0.454 e. The van der Waals surface area contributed by atoms with Crippen molar-refractivity contribution >= 4 is 82.4 Å². The molecule has 2 heterocycles. The molecule has 12 aromatic rings. The van der Waals surface area contributed by atoms with Gasteiger partial charge in [0.2, 0.25) is 0 Å². The molecule has 10 aromatic carbocycles. The van der Waals surface area contributed by atoms with Crippen molar-refractivity contribution in [3.8, 4) is 33.6 Å². The van der Waals surface area contributed by atoms with E-state index >= 15 is 0 Å². The smallest absolute Gasteiger partial charge is 0.159 e. The Hall–Kier alpha value is -8.08. The monoisotopic (exact) mass is 765 g/mol. The average Bonchev–Trinajstić information content (AvgIpc) is 3.71. The molecule has 0 aliphatic rings. The Bertz CT molecular complexity index is 3600.